The molecule has 0 aliphatic heterocycles. The molecule has 3 rings (SSSR count). The molecule has 1 N–H and O–H groups in total. The summed E-state index contributed by atoms with van der Waals surface area (Å²) in [6.45, 7) is 1.02. The largest absolute Gasteiger partial charge is 0.310 e. The van der Waals surface area contributed by atoms with E-state index in [0.29, 0.717) is 0 Å². The van der Waals surface area contributed by atoms with Gasteiger partial charge in [-0.1, -0.05) is 18.2 Å². The summed E-state index contributed by atoms with van der Waals surface area (Å²) in [6, 6.07) is 14.2. The summed E-state index contributed by atoms with van der Waals surface area (Å²) in [7, 11) is 0. The highest BCUT2D eigenvalue weighted by Crippen LogP contribution is 2.22. The second kappa shape index (κ2) is 6.60. The van der Waals surface area contributed by atoms with E-state index < -0.39 is 0 Å². The van der Waals surface area contributed by atoms with Crippen molar-refractivity contribution in [2.45, 2.75) is 36.7 Å². The van der Waals surface area contributed by atoms with Crippen LogP contribution in [0.15, 0.2) is 46.7 Å². The van der Waals surface area contributed by atoms with E-state index in [1.54, 1.807) is 0 Å². The SMILES string of the molecule is c1csc(CCSc2ccc(CNC3CC3)cc2)c1. The van der Waals surface area contributed by atoms with Crippen molar-refractivity contribution in [3.63, 3.8) is 0 Å². The quantitative estimate of drug-likeness (QED) is 0.761. The van der Waals surface area contributed by atoms with Crippen molar-refractivity contribution >= 4 is 23.1 Å². The van der Waals surface area contributed by atoms with Gasteiger partial charge in [0.05, 0.1) is 0 Å². The topological polar surface area (TPSA) is 12.0 Å². The Bertz CT molecular complexity index is 486. The lowest BCUT2D eigenvalue weighted by Gasteiger charge is -2.05. The third kappa shape index (κ3) is 4.37. The molecule has 100 valence electrons. The highest BCUT2D eigenvalue weighted by atomic mass is 32.2. The van der Waals surface area contributed by atoms with E-state index in [4.69, 9.17) is 0 Å². The highest BCUT2D eigenvalue weighted by Gasteiger charge is 2.19. The summed E-state index contributed by atoms with van der Waals surface area (Å²) in [6.07, 6.45) is 3.89. The summed E-state index contributed by atoms with van der Waals surface area (Å²) >= 11 is 3.80. The van der Waals surface area contributed by atoms with E-state index >= 15 is 0 Å². The Labute approximate surface area is 123 Å². The minimum absolute atomic E-state index is 0.792. The summed E-state index contributed by atoms with van der Waals surface area (Å²) < 4.78 is 0. The van der Waals surface area contributed by atoms with Crippen molar-refractivity contribution in [1.82, 2.24) is 5.32 Å². The summed E-state index contributed by atoms with van der Waals surface area (Å²) in [5.74, 6) is 1.17. The van der Waals surface area contributed by atoms with Crippen molar-refractivity contribution in [3.05, 3.63) is 52.2 Å². The van der Waals surface area contributed by atoms with Crippen LogP contribution in [0, 0.1) is 0 Å². The number of hydrogen-bond acceptors (Lipinski definition) is 3. The summed E-state index contributed by atoms with van der Waals surface area (Å²) in [5, 5.41) is 5.70. The van der Waals surface area contributed by atoms with Crippen LogP contribution in [0.2, 0.25) is 0 Å². The van der Waals surface area contributed by atoms with Gasteiger partial charge in [-0.3, -0.25) is 0 Å². The smallest absolute Gasteiger partial charge is 0.0208 e. The van der Waals surface area contributed by atoms with E-state index in [2.05, 4.69) is 47.1 Å². The van der Waals surface area contributed by atoms with E-state index in [1.165, 1.54) is 40.4 Å². The van der Waals surface area contributed by atoms with Crippen molar-refractivity contribution < 1.29 is 0 Å². The van der Waals surface area contributed by atoms with Gasteiger partial charge in [0.25, 0.3) is 0 Å². The molecule has 0 saturated heterocycles. The van der Waals surface area contributed by atoms with Crippen LogP contribution in [0.1, 0.15) is 23.3 Å². The molecule has 0 bridgehead atoms. The molecule has 1 aliphatic rings. The molecule has 0 atom stereocenters. The molecule has 1 nitrogen and oxygen atoms in total. The number of benzene rings is 1. The highest BCUT2D eigenvalue weighted by molar-refractivity contribution is 7.99. The predicted molar refractivity (Wildman–Crippen MR) is 85.1 cm³/mol. The minimum Gasteiger partial charge on any atom is -0.310 e. The first-order valence-corrected chi connectivity index (χ1v) is 8.74. The second-order valence-corrected chi connectivity index (χ2v) is 7.18. The van der Waals surface area contributed by atoms with Crippen molar-refractivity contribution in [3.8, 4) is 0 Å². The van der Waals surface area contributed by atoms with E-state index in [-0.39, 0.29) is 0 Å². The maximum Gasteiger partial charge on any atom is 0.0208 e. The third-order valence-electron chi connectivity index (χ3n) is 3.29. The lowest BCUT2D eigenvalue weighted by atomic mass is 10.2. The molecule has 1 fully saturated rings. The van der Waals surface area contributed by atoms with Crippen molar-refractivity contribution in [2.24, 2.45) is 0 Å². The molecule has 3 heteroatoms. The zero-order valence-corrected chi connectivity index (χ0v) is 12.6. The molecule has 0 unspecified atom stereocenters. The zero-order chi connectivity index (χ0) is 12.9. The molecule has 0 radical (unpaired) electrons. The molecule has 1 saturated carbocycles. The second-order valence-electron chi connectivity index (χ2n) is 4.98. The van der Waals surface area contributed by atoms with Crippen molar-refractivity contribution in [2.75, 3.05) is 5.75 Å². The lowest BCUT2D eigenvalue weighted by Crippen LogP contribution is -2.14. The van der Waals surface area contributed by atoms with Crippen LogP contribution in [-0.2, 0) is 13.0 Å². The Morgan fingerprint density at radius 2 is 2.00 bits per heavy atom. The maximum atomic E-state index is 3.55. The first-order chi connectivity index (χ1) is 9.40. The Balaban J connectivity index is 1.42. The van der Waals surface area contributed by atoms with Gasteiger partial charge in [-0.15, -0.1) is 23.1 Å². The number of thiophene rings is 1. The molecule has 19 heavy (non-hydrogen) atoms. The molecule has 1 aromatic heterocycles. The van der Waals surface area contributed by atoms with E-state index in [1.807, 2.05) is 23.1 Å². The summed E-state index contributed by atoms with van der Waals surface area (Å²) in [4.78, 5) is 2.87. The van der Waals surface area contributed by atoms with Crippen LogP contribution in [0.25, 0.3) is 0 Å². The van der Waals surface area contributed by atoms with Gasteiger partial charge in [0.15, 0.2) is 0 Å². The van der Waals surface area contributed by atoms with E-state index in [0.717, 1.165) is 12.6 Å². The first kappa shape index (κ1) is 13.2. The van der Waals surface area contributed by atoms with Crippen molar-refractivity contribution in [1.29, 1.82) is 0 Å². The fraction of sp³-hybridized carbons (Fsp3) is 0.375. The fourth-order valence-electron chi connectivity index (χ4n) is 1.98. The average Bonchev–Trinajstić information content (AvgIpc) is 3.13. The monoisotopic (exact) mass is 289 g/mol. The van der Waals surface area contributed by atoms with Gasteiger partial charge in [-0.25, -0.2) is 0 Å². The van der Waals surface area contributed by atoms with E-state index in [9.17, 15) is 0 Å². The van der Waals surface area contributed by atoms with Crippen LogP contribution in [0.4, 0.5) is 0 Å². The maximum absolute atomic E-state index is 3.55. The summed E-state index contributed by atoms with van der Waals surface area (Å²) in [5.41, 5.74) is 1.40. The van der Waals surface area contributed by atoms with Gasteiger partial charge in [0, 0.05) is 28.1 Å². The van der Waals surface area contributed by atoms with Gasteiger partial charge in [0.1, 0.15) is 0 Å². The molecular formula is C16H19NS2. The molecule has 2 aromatic rings. The van der Waals surface area contributed by atoms with Crippen LogP contribution in [0.3, 0.4) is 0 Å². The number of hydrogen-bond donors (Lipinski definition) is 1. The Hall–Kier alpha value is -0.770. The minimum atomic E-state index is 0.792. The Morgan fingerprint density at radius 1 is 1.16 bits per heavy atom. The first-order valence-electron chi connectivity index (χ1n) is 6.88. The van der Waals surface area contributed by atoms with Crippen LogP contribution in [-0.4, -0.2) is 11.8 Å². The van der Waals surface area contributed by atoms with Gasteiger partial charge < -0.3 is 5.32 Å². The normalized spacial score (nSPS) is 14.7. The standard InChI is InChI=1S/C16H19NS2/c1-2-15(18-10-1)9-11-19-16-7-3-13(4-8-16)12-17-14-5-6-14/h1-4,7-8,10,14,17H,5-6,9,11-12H2. The van der Waals surface area contributed by atoms with Crippen LogP contribution < -0.4 is 5.32 Å². The molecule has 1 heterocycles. The van der Waals surface area contributed by atoms with Gasteiger partial charge >= 0.3 is 0 Å². The van der Waals surface area contributed by atoms with Crippen LogP contribution in [0.5, 0.6) is 0 Å². The predicted octanol–water partition coefficient (Wildman–Crippen LogP) is 4.33. The van der Waals surface area contributed by atoms with Gasteiger partial charge in [-0.2, -0.15) is 0 Å². The zero-order valence-electron chi connectivity index (χ0n) is 11.0. The molecular weight excluding hydrogens is 270 g/mol. The van der Waals surface area contributed by atoms with Gasteiger partial charge in [0.2, 0.25) is 0 Å². The molecule has 1 aliphatic carbocycles. The molecule has 0 amide bonds. The number of rotatable bonds is 7. The van der Waals surface area contributed by atoms with Gasteiger partial charge in [-0.05, 0) is 48.4 Å². The molecule has 1 aromatic carbocycles. The molecule has 0 spiro atoms. The van der Waals surface area contributed by atoms with Crippen LogP contribution >= 0.6 is 23.1 Å². The number of thioether (sulfide) groups is 1. The third-order valence-corrected chi connectivity index (χ3v) is 5.24. The Kier molecular flexibility index (Phi) is 4.59. The fourth-order valence-corrected chi connectivity index (χ4v) is 3.70. The lowest BCUT2D eigenvalue weighted by molar-refractivity contribution is 0.687. The Morgan fingerprint density at radius 3 is 2.68 bits per heavy atom. The average molecular weight is 289 g/mol. The number of nitrogens with one attached hydrogen (secondary N) is 1. The number of aryl methyl sites for hydroxylation is 1.